The summed E-state index contributed by atoms with van der Waals surface area (Å²) in [5.74, 6) is 0.0854. The number of carbonyl (C=O) groups excluding carboxylic acids is 1. The molecule has 0 bridgehead atoms. The molecule has 1 atom stereocenters. The van der Waals surface area contributed by atoms with Crippen molar-refractivity contribution in [3.05, 3.63) is 57.9 Å². The Balaban J connectivity index is 1.71. The number of ether oxygens (including phenoxy) is 1. The molecule has 0 N–H and O–H groups in total. The summed E-state index contributed by atoms with van der Waals surface area (Å²) in [6, 6.07) is 6.06. The normalized spacial score (nSPS) is 16.2. The Kier molecular flexibility index (Phi) is 7.64. The lowest BCUT2D eigenvalue weighted by Gasteiger charge is -2.16. The van der Waals surface area contributed by atoms with E-state index in [1.807, 2.05) is 4.57 Å². The third-order valence-corrected chi connectivity index (χ3v) is 7.17. The van der Waals surface area contributed by atoms with Crippen molar-refractivity contribution in [3.8, 4) is 11.1 Å². The molecule has 0 radical (unpaired) electrons. The number of pyridine rings is 1. The van der Waals surface area contributed by atoms with Crippen molar-refractivity contribution in [1.29, 1.82) is 0 Å². The Bertz CT molecular complexity index is 1260. The number of alkyl halides is 1. The quantitative estimate of drug-likeness (QED) is 0.343. The molecule has 1 unspecified atom stereocenters. The van der Waals surface area contributed by atoms with Gasteiger partial charge < -0.3 is 18.8 Å². The molecule has 1 aliphatic rings. The van der Waals surface area contributed by atoms with Gasteiger partial charge in [-0.05, 0) is 41.1 Å². The molecule has 1 saturated heterocycles. The lowest BCUT2D eigenvalue weighted by atomic mass is 10.1. The van der Waals surface area contributed by atoms with Crippen molar-refractivity contribution in [3.63, 3.8) is 0 Å². The van der Waals surface area contributed by atoms with Crippen molar-refractivity contribution in [2.24, 2.45) is 0 Å². The van der Waals surface area contributed by atoms with Gasteiger partial charge in [0, 0.05) is 24.5 Å². The fraction of sp³-hybridized carbons (Fsp3) is 0.417. The second-order valence-electron chi connectivity index (χ2n) is 8.60. The van der Waals surface area contributed by atoms with Crippen LogP contribution in [0.3, 0.4) is 0 Å². The Morgan fingerprint density at radius 1 is 1.26 bits per heavy atom. The summed E-state index contributed by atoms with van der Waals surface area (Å²) in [6.07, 6.45) is 6.93. The maximum absolute atomic E-state index is 13.8. The highest BCUT2D eigenvalue weighted by atomic mass is 35.5. The smallest absolute Gasteiger partial charge is 0.261 e. The van der Waals surface area contributed by atoms with E-state index in [0.717, 1.165) is 5.75 Å². The third kappa shape index (κ3) is 5.31. The summed E-state index contributed by atoms with van der Waals surface area (Å²) in [4.78, 5) is 27.6. The van der Waals surface area contributed by atoms with E-state index < -0.39 is 12.0 Å². The Labute approximate surface area is 204 Å². The Hall–Kier alpha value is -2.36. The van der Waals surface area contributed by atoms with Crippen molar-refractivity contribution in [1.82, 2.24) is 14.0 Å². The number of rotatable bonds is 8. The monoisotopic (exact) mass is 510 g/mol. The number of hydrogen-bond acceptors (Lipinski definition) is 3. The van der Waals surface area contributed by atoms with Crippen LogP contribution in [0.15, 0.2) is 41.5 Å². The van der Waals surface area contributed by atoms with E-state index in [-0.39, 0.29) is 47.2 Å². The predicted octanol–water partition coefficient (Wildman–Crippen LogP) is 3.68. The fourth-order valence-electron chi connectivity index (χ4n) is 4.04. The minimum absolute atomic E-state index is 0.0474. The Morgan fingerprint density at radius 3 is 2.74 bits per heavy atom. The first kappa shape index (κ1) is 24.8. The zero-order chi connectivity index (χ0) is 24.4. The number of aromatic nitrogens is 2. The Morgan fingerprint density at radius 2 is 2.06 bits per heavy atom. The lowest BCUT2D eigenvalue weighted by Crippen LogP contribution is -2.35. The van der Waals surface area contributed by atoms with Crippen LogP contribution in [-0.2, 0) is 33.7 Å². The molecule has 2 aromatic heterocycles. The van der Waals surface area contributed by atoms with Crippen molar-refractivity contribution < 1.29 is 18.3 Å². The number of carbonyl (C=O) groups is 1. The highest BCUT2D eigenvalue weighted by molar-refractivity contribution is 7.95. The third-order valence-electron chi connectivity index (χ3n) is 5.89. The van der Waals surface area contributed by atoms with Gasteiger partial charge in [0.05, 0.1) is 41.6 Å². The second-order valence-corrected chi connectivity index (χ2v) is 11.4. The molecule has 6 nitrogen and oxygen atoms in total. The van der Waals surface area contributed by atoms with Gasteiger partial charge in [0.1, 0.15) is 31.0 Å². The van der Waals surface area contributed by atoms with Gasteiger partial charge in [-0.3, -0.25) is 9.59 Å². The van der Waals surface area contributed by atoms with Crippen LogP contribution in [0, 0.1) is 5.82 Å². The van der Waals surface area contributed by atoms with Gasteiger partial charge >= 0.3 is 0 Å². The SMILES string of the molecule is C[S+](C)CCOCn1cc(-c2ccc(F)c(Cl)c2)c2c(=O)n(CC(=O)N3CCC(F)C3)ccc21. The summed E-state index contributed by atoms with van der Waals surface area (Å²) in [6.45, 7) is 1.06. The van der Waals surface area contributed by atoms with Gasteiger partial charge in [0.15, 0.2) is 0 Å². The van der Waals surface area contributed by atoms with E-state index in [2.05, 4.69) is 12.5 Å². The second kappa shape index (κ2) is 10.5. The molecular formula is C24H27ClF2N3O3S+. The first-order valence-electron chi connectivity index (χ1n) is 11.0. The molecular weight excluding hydrogens is 484 g/mol. The van der Waals surface area contributed by atoms with Crippen LogP contribution in [0.2, 0.25) is 5.02 Å². The number of likely N-dealkylation sites (tertiary alicyclic amines) is 1. The number of fused-ring (bicyclic) bond motifs is 1. The number of hydrogen-bond donors (Lipinski definition) is 0. The molecule has 0 spiro atoms. The number of benzene rings is 1. The highest BCUT2D eigenvalue weighted by Crippen LogP contribution is 2.31. The summed E-state index contributed by atoms with van der Waals surface area (Å²) in [5.41, 5.74) is 1.43. The van der Waals surface area contributed by atoms with E-state index in [1.54, 1.807) is 24.5 Å². The lowest BCUT2D eigenvalue weighted by molar-refractivity contribution is -0.131. The van der Waals surface area contributed by atoms with Gasteiger partial charge in [-0.2, -0.15) is 0 Å². The van der Waals surface area contributed by atoms with E-state index in [0.29, 0.717) is 41.6 Å². The average Bonchev–Trinajstić information content (AvgIpc) is 3.39. The van der Waals surface area contributed by atoms with Crippen LogP contribution in [-0.4, -0.2) is 64.1 Å². The molecule has 4 rings (SSSR count). The molecule has 10 heteroatoms. The number of amides is 1. The summed E-state index contributed by atoms with van der Waals surface area (Å²) in [5, 5.41) is 0.339. The molecule has 182 valence electrons. The van der Waals surface area contributed by atoms with Gasteiger partial charge in [0.2, 0.25) is 5.91 Å². The zero-order valence-electron chi connectivity index (χ0n) is 19.1. The maximum Gasteiger partial charge on any atom is 0.261 e. The first-order valence-corrected chi connectivity index (χ1v) is 13.5. The van der Waals surface area contributed by atoms with Crippen molar-refractivity contribution in [2.75, 3.05) is 38.0 Å². The minimum Gasteiger partial charge on any atom is -0.356 e. The maximum atomic E-state index is 13.8. The van der Waals surface area contributed by atoms with Crippen LogP contribution in [0.5, 0.6) is 0 Å². The van der Waals surface area contributed by atoms with E-state index in [9.17, 15) is 18.4 Å². The average molecular weight is 511 g/mol. The predicted molar refractivity (Wildman–Crippen MR) is 133 cm³/mol. The highest BCUT2D eigenvalue weighted by Gasteiger charge is 2.26. The number of halogens is 3. The van der Waals surface area contributed by atoms with Crippen LogP contribution in [0.4, 0.5) is 8.78 Å². The van der Waals surface area contributed by atoms with E-state index >= 15 is 0 Å². The molecule has 3 aromatic rings. The standard InChI is InChI=1S/C24H27ClF2N3O3S/c1-34(2)10-9-33-15-30-13-18(16-3-4-20(27)19(25)11-16)23-21(30)6-8-29(24(23)32)14-22(31)28-7-5-17(26)12-28/h3-4,6,8,11,13,17H,5,7,9-10,12,14-15H2,1-2H3/q+1. The van der Waals surface area contributed by atoms with Crippen LogP contribution < -0.4 is 5.56 Å². The first-order chi connectivity index (χ1) is 16.2. The molecule has 1 aromatic carbocycles. The van der Waals surface area contributed by atoms with Crippen molar-refractivity contribution >= 4 is 39.3 Å². The van der Waals surface area contributed by atoms with Crippen LogP contribution in [0.1, 0.15) is 6.42 Å². The van der Waals surface area contributed by atoms with Gasteiger partial charge in [0.25, 0.3) is 5.56 Å². The van der Waals surface area contributed by atoms with E-state index in [4.69, 9.17) is 16.3 Å². The molecule has 1 fully saturated rings. The van der Waals surface area contributed by atoms with Crippen LogP contribution in [0.25, 0.3) is 22.0 Å². The summed E-state index contributed by atoms with van der Waals surface area (Å²) < 4.78 is 36.3. The molecule has 0 aliphatic carbocycles. The molecule has 1 aliphatic heterocycles. The summed E-state index contributed by atoms with van der Waals surface area (Å²) >= 11 is 6.01. The van der Waals surface area contributed by atoms with Crippen LogP contribution >= 0.6 is 11.6 Å². The number of nitrogens with zero attached hydrogens (tertiary/aromatic N) is 3. The zero-order valence-corrected chi connectivity index (χ0v) is 20.7. The fourth-order valence-corrected chi connectivity index (χ4v) is 4.67. The summed E-state index contributed by atoms with van der Waals surface area (Å²) in [7, 11) is 0.257. The molecule has 1 amide bonds. The minimum atomic E-state index is -1.02. The van der Waals surface area contributed by atoms with E-state index in [1.165, 1.54) is 21.6 Å². The van der Waals surface area contributed by atoms with Gasteiger partial charge in [-0.1, -0.05) is 17.7 Å². The van der Waals surface area contributed by atoms with Gasteiger partial charge in [-0.15, -0.1) is 0 Å². The molecule has 34 heavy (non-hydrogen) atoms. The molecule has 0 saturated carbocycles. The molecule has 3 heterocycles. The van der Waals surface area contributed by atoms with Crippen molar-refractivity contribution in [2.45, 2.75) is 25.9 Å². The van der Waals surface area contributed by atoms with Gasteiger partial charge in [-0.25, -0.2) is 8.78 Å². The largest absolute Gasteiger partial charge is 0.356 e. The topological polar surface area (TPSA) is 56.5 Å².